The first-order valence-electron chi connectivity index (χ1n) is 11.1. The average molecular weight is 473 g/mol. The third kappa shape index (κ3) is 5.94. The number of anilines is 2. The maximum absolute atomic E-state index is 12.8. The molecule has 4 aromatic rings. The normalized spacial score (nSPS) is 11.6. The van der Waals surface area contributed by atoms with Crippen molar-refractivity contribution in [3.8, 4) is 0 Å². The lowest BCUT2D eigenvalue weighted by Gasteiger charge is -2.16. The molecular weight excluding hydrogens is 448 g/mol. The van der Waals surface area contributed by atoms with Crippen molar-refractivity contribution >= 4 is 45.6 Å². The molecule has 0 aliphatic rings. The van der Waals surface area contributed by atoms with E-state index in [1.54, 1.807) is 19.1 Å². The van der Waals surface area contributed by atoms with E-state index in [1.165, 1.54) is 0 Å². The Balaban J connectivity index is 1.35. The average Bonchev–Trinajstić information content (AvgIpc) is 2.85. The molecule has 1 unspecified atom stereocenters. The van der Waals surface area contributed by atoms with Crippen molar-refractivity contribution < 1.29 is 14.3 Å². The van der Waals surface area contributed by atoms with Crippen LogP contribution in [0.2, 0.25) is 5.02 Å². The number of fused-ring (bicyclic) bond motifs is 1. The summed E-state index contributed by atoms with van der Waals surface area (Å²) < 4.78 is 5.47. The van der Waals surface area contributed by atoms with E-state index in [-0.39, 0.29) is 0 Å². The summed E-state index contributed by atoms with van der Waals surface area (Å²) in [6.45, 7) is 2.19. The van der Waals surface area contributed by atoms with Gasteiger partial charge in [0.2, 0.25) is 0 Å². The van der Waals surface area contributed by atoms with Gasteiger partial charge in [-0.1, -0.05) is 66.2 Å². The summed E-state index contributed by atoms with van der Waals surface area (Å²) >= 11 is 5.93. The lowest BCUT2D eigenvalue weighted by atomic mass is 10.1. The highest BCUT2D eigenvalue weighted by Gasteiger charge is 2.21. The van der Waals surface area contributed by atoms with E-state index >= 15 is 0 Å². The third-order valence-corrected chi connectivity index (χ3v) is 5.71. The second kappa shape index (κ2) is 10.9. The number of rotatable bonds is 8. The summed E-state index contributed by atoms with van der Waals surface area (Å²) in [7, 11) is 0. The summed E-state index contributed by atoms with van der Waals surface area (Å²) in [6, 6.07) is 28.3. The molecule has 0 saturated heterocycles. The van der Waals surface area contributed by atoms with E-state index in [9.17, 15) is 9.59 Å². The lowest BCUT2D eigenvalue weighted by Crippen LogP contribution is -2.30. The largest absolute Gasteiger partial charge is 0.449 e. The molecule has 5 nitrogen and oxygen atoms in total. The molecule has 0 saturated carbocycles. The van der Waals surface area contributed by atoms with Gasteiger partial charge in [-0.05, 0) is 66.1 Å². The van der Waals surface area contributed by atoms with E-state index in [4.69, 9.17) is 16.3 Å². The fourth-order valence-corrected chi connectivity index (χ4v) is 3.72. The zero-order valence-electron chi connectivity index (χ0n) is 18.8. The summed E-state index contributed by atoms with van der Waals surface area (Å²) in [6.07, 6.45) is -0.188. The quantitative estimate of drug-likeness (QED) is 0.294. The molecule has 1 amide bonds. The zero-order chi connectivity index (χ0) is 23.9. The molecule has 0 spiro atoms. The monoisotopic (exact) mass is 472 g/mol. The van der Waals surface area contributed by atoms with Crippen molar-refractivity contribution in [3.63, 3.8) is 0 Å². The number of amides is 1. The van der Waals surface area contributed by atoms with E-state index in [1.807, 2.05) is 78.9 Å². The Kier molecular flexibility index (Phi) is 7.45. The van der Waals surface area contributed by atoms with Crippen LogP contribution >= 0.6 is 11.6 Å². The highest BCUT2D eigenvalue weighted by molar-refractivity contribution is 6.30. The van der Waals surface area contributed by atoms with Crippen LogP contribution in [0.3, 0.4) is 0 Å². The summed E-state index contributed by atoms with van der Waals surface area (Å²) in [5, 5.41) is 8.90. The molecule has 34 heavy (non-hydrogen) atoms. The number of halogens is 1. The van der Waals surface area contributed by atoms with Crippen LogP contribution in [0.5, 0.6) is 0 Å². The summed E-state index contributed by atoms with van der Waals surface area (Å²) in [5.74, 6) is -0.951. The number of ether oxygens (including phenoxy) is 1. The maximum Gasteiger partial charge on any atom is 0.341 e. The van der Waals surface area contributed by atoms with Crippen molar-refractivity contribution in [1.29, 1.82) is 0 Å². The maximum atomic E-state index is 12.8. The summed E-state index contributed by atoms with van der Waals surface area (Å²) in [4.78, 5) is 25.5. The van der Waals surface area contributed by atoms with Crippen LogP contribution < -0.4 is 10.6 Å². The van der Waals surface area contributed by atoms with Gasteiger partial charge in [-0.3, -0.25) is 4.79 Å². The van der Waals surface area contributed by atoms with E-state index in [2.05, 4.69) is 10.6 Å². The fraction of sp³-hybridized carbons (Fsp3) is 0.143. The molecule has 4 rings (SSSR count). The minimum Gasteiger partial charge on any atom is -0.449 e. The van der Waals surface area contributed by atoms with Gasteiger partial charge in [-0.2, -0.15) is 0 Å². The van der Waals surface area contributed by atoms with Crippen molar-refractivity contribution in [2.45, 2.75) is 19.4 Å². The Bertz CT molecular complexity index is 1300. The van der Waals surface area contributed by atoms with E-state index < -0.39 is 18.0 Å². The molecule has 2 N–H and O–H groups in total. The predicted octanol–water partition coefficient (Wildman–Crippen LogP) is 6.33. The van der Waals surface area contributed by atoms with Gasteiger partial charge in [0.05, 0.1) is 5.56 Å². The number of benzene rings is 4. The smallest absolute Gasteiger partial charge is 0.341 e. The van der Waals surface area contributed by atoms with Gasteiger partial charge < -0.3 is 15.4 Å². The lowest BCUT2D eigenvalue weighted by molar-refractivity contribution is -0.123. The Labute approximate surface area is 203 Å². The van der Waals surface area contributed by atoms with E-state index in [0.717, 1.165) is 22.8 Å². The Morgan fingerprint density at radius 1 is 0.882 bits per heavy atom. The van der Waals surface area contributed by atoms with Crippen LogP contribution in [0, 0.1) is 0 Å². The highest BCUT2D eigenvalue weighted by Crippen LogP contribution is 2.20. The zero-order valence-corrected chi connectivity index (χ0v) is 19.5. The Morgan fingerprint density at radius 3 is 2.38 bits per heavy atom. The molecular formula is C28H25ClN2O3. The first-order valence-corrected chi connectivity index (χ1v) is 11.5. The number of hydrogen-bond acceptors (Lipinski definition) is 4. The summed E-state index contributed by atoms with van der Waals surface area (Å²) in [5.41, 5.74) is 2.82. The van der Waals surface area contributed by atoms with Gasteiger partial charge in [0, 0.05) is 22.9 Å². The standard InChI is InChI=1S/C28H25ClN2O3/c1-19(27(32)31-24-15-12-21-6-2-3-7-22(21)18-24)34-28(33)25-8-4-5-9-26(25)30-17-16-20-10-13-23(29)14-11-20/h2-15,18-19,30H,16-17H2,1H3,(H,31,32). The van der Waals surface area contributed by atoms with Crippen molar-refractivity contribution in [3.05, 3.63) is 107 Å². The van der Waals surface area contributed by atoms with E-state index in [0.29, 0.717) is 28.5 Å². The predicted molar refractivity (Wildman–Crippen MR) is 138 cm³/mol. The first kappa shape index (κ1) is 23.3. The number of nitrogens with one attached hydrogen (secondary N) is 2. The molecule has 0 aromatic heterocycles. The van der Waals surface area contributed by atoms with Gasteiger partial charge in [-0.15, -0.1) is 0 Å². The third-order valence-electron chi connectivity index (χ3n) is 5.46. The number of para-hydroxylation sites is 1. The van der Waals surface area contributed by atoms with Crippen LogP contribution in [0.4, 0.5) is 11.4 Å². The van der Waals surface area contributed by atoms with Crippen LogP contribution in [0.25, 0.3) is 10.8 Å². The number of esters is 1. The minimum atomic E-state index is -0.957. The van der Waals surface area contributed by atoms with Crippen LogP contribution in [0.15, 0.2) is 91.0 Å². The van der Waals surface area contributed by atoms with Gasteiger partial charge >= 0.3 is 5.97 Å². The minimum absolute atomic E-state index is 0.379. The highest BCUT2D eigenvalue weighted by atomic mass is 35.5. The van der Waals surface area contributed by atoms with Crippen LogP contribution in [0.1, 0.15) is 22.8 Å². The topological polar surface area (TPSA) is 67.4 Å². The molecule has 172 valence electrons. The second-order valence-electron chi connectivity index (χ2n) is 7.95. The van der Waals surface area contributed by atoms with Crippen molar-refractivity contribution in [2.75, 3.05) is 17.2 Å². The second-order valence-corrected chi connectivity index (χ2v) is 8.38. The van der Waals surface area contributed by atoms with Gasteiger partial charge in [-0.25, -0.2) is 4.79 Å². The SMILES string of the molecule is CC(OC(=O)c1ccccc1NCCc1ccc(Cl)cc1)C(=O)Nc1ccc2ccccc2c1. The molecule has 0 bridgehead atoms. The van der Waals surface area contributed by atoms with Gasteiger partial charge in [0.25, 0.3) is 5.91 Å². The molecule has 0 fully saturated rings. The van der Waals surface area contributed by atoms with Crippen molar-refractivity contribution in [1.82, 2.24) is 0 Å². The molecule has 0 aliphatic carbocycles. The molecule has 0 aliphatic heterocycles. The molecule has 0 radical (unpaired) electrons. The molecule has 6 heteroatoms. The molecule has 1 atom stereocenters. The molecule has 4 aromatic carbocycles. The van der Waals surface area contributed by atoms with Crippen LogP contribution in [-0.2, 0) is 16.0 Å². The first-order chi connectivity index (χ1) is 16.5. The van der Waals surface area contributed by atoms with Crippen LogP contribution in [-0.4, -0.2) is 24.5 Å². The van der Waals surface area contributed by atoms with Gasteiger partial charge in [0.15, 0.2) is 6.10 Å². The molecule has 0 heterocycles. The Morgan fingerprint density at radius 2 is 1.59 bits per heavy atom. The van der Waals surface area contributed by atoms with Crippen molar-refractivity contribution in [2.24, 2.45) is 0 Å². The number of hydrogen-bond donors (Lipinski definition) is 2. The number of carbonyl (C=O) groups is 2. The Hall–Kier alpha value is -3.83. The van der Waals surface area contributed by atoms with Gasteiger partial charge in [0.1, 0.15) is 0 Å². The number of carbonyl (C=O) groups excluding carboxylic acids is 2. The fourth-order valence-electron chi connectivity index (χ4n) is 3.60.